The van der Waals surface area contributed by atoms with Crippen LogP contribution < -0.4 is 5.32 Å². The van der Waals surface area contributed by atoms with E-state index in [9.17, 15) is 4.79 Å². The Hall–Kier alpha value is -1.01. The van der Waals surface area contributed by atoms with Crippen LogP contribution in [-0.2, 0) is 4.79 Å². The van der Waals surface area contributed by atoms with E-state index in [1.165, 1.54) is 0 Å². The maximum atomic E-state index is 11.2. The molecule has 0 fully saturated rings. The SMILES string of the molecule is C#CCC(=O)NC(CC)(CC)CO. The Morgan fingerprint density at radius 2 is 2.08 bits per heavy atom. The van der Waals surface area contributed by atoms with Gasteiger partial charge in [0.05, 0.1) is 18.6 Å². The Morgan fingerprint density at radius 1 is 1.54 bits per heavy atom. The molecule has 1 amide bonds. The van der Waals surface area contributed by atoms with Crippen LogP contribution >= 0.6 is 0 Å². The number of hydrogen-bond donors (Lipinski definition) is 2. The molecule has 0 rings (SSSR count). The molecule has 0 aromatic carbocycles. The third-order valence-corrected chi connectivity index (χ3v) is 2.32. The van der Waals surface area contributed by atoms with Crippen LogP contribution in [0.1, 0.15) is 33.1 Å². The van der Waals surface area contributed by atoms with Gasteiger partial charge in [-0.3, -0.25) is 4.79 Å². The summed E-state index contributed by atoms with van der Waals surface area (Å²) < 4.78 is 0. The molecule has 0 unspecified atom stereocenters. The molecule has 0 aliphatic carbocycles. The summed E-state index contributed by atoms with van der Waals surface area (Å²) in [7, 11) is 0. The molecule has 0 spiro atoms. The van der Waals surface area contributed by atoms with Crippen molar-refractivity contribution in [3.63, 3.8) is 0 Å². The van der Waals surface area contributed by atoms with Crippen molar-refractivity contribution in [1.82, 2.24) is 5.32 Å². The highest BCUT2D eigenvalue weighted by Gasteiger charge is 2.26. The maximum absolute atomic E-state index is 11.2. The second kappa shape index (κ2) is 5.60. The number of nitrogens with one attached hydrogen (secondary N) is 1. The molecule has 3 nitrogen and oxygen atoms in total. The molecule has 0 saturated carbocycles. The highest BCUT2D eigenvalue weighted by molar-refractivity contribution is 5.79. The minimum atomic E-state index is -0.492. The largest absolute Gasteiger partial charge is 0.394 e. The summed E-state index contributed by atoms with van der Waals surface area (Å²) in [5, 5.41) is 11.9. The summed E-state index contributed by atoms with van der Waals surface area (Å²) in [6.45, 7) is 3.81. The summed E-state index contributed by atoms with van der Waals surface area (Å²) in [6, 6.07) is 0. The Bertz CT molecular complexity index is 193. The van der Waals surface area contributed by atoms with Gasteiger partial charge in [-0.15, -0.1) is 6.42 Å². The van der Waals surface area contributed by atoms with E-state index in [0.717, 1.165) is 0 Å². The van der Waals surface area contributed by atoms with Gasteiger partial charge >= 0.3 is 0 Å². The van der Waals surface area contributed by atoms with Crippen LogP contribution in [0.2, 0.25) is 0 Å². The summed E-state index contributed by atoms with van der Waals surface area (Å²) in [4.78, 5) is 11.2. The number of aliphatic hydroxyl groups excluding tert-OH is 1. The van der Waals surface area contributed by atoms with Gasteiger partial charge in [0.25, 0.3) is 0 Å². The first-order valence-electron chi connectivity index (χ1n) is 4.49. The minimum absolute atomic E-state index is 0.0453. The standard InChI is InChI=1S/C10H17NO2/c1-4-7-9(13)11-10(5-2,6-3)8-12/h1,12H,5-8H2,2-3H3,(H,11,13). The van der Waals surface area contributed by atoms with Gasteiger partial charge in [0, 0.05) is 0 Å². The van der Waals surface area contributed by atoms with Crippen LogP contribution in [0.5, 0.6) is 0 Å². The molecule has 0 atom stereocenters. The Kier molecular flexibility index (Phi) is 5.17. The molecule has 2 N–H and O–H groups in total. The number of aliphatic hydroxyl groups is 1. The van der Waals surface area contributed by atoms with Crippen LogP contribution in [0, 0.1) is 12.3 Å². The average Bonchev–Trinajstić information content (AvgIpc) is 2.15. The van der Waals surface area contributed by atoms with Crippen LogP contribution in [-0.4, -0.2) is 23.2 Å². The highest BCUT2D eigenvalue weighted by Crippen LogP contribution is 2.13. The number of hydrogen-bond acceptors (Lipinski definition) is 2. The van der Waals surface area contributed by atoms with Crippen LogP contribution in [0.15, 0.2) is 0 Å². The summed E-state index contributed by atoms with van der Waals surface area (Å²) in [5.74, 6) is 2.07. The predicted octanol–water partition coefficient (Wildman–Crippen LogP) is 0.677. The lowest BCUT2D eigenvalue weighted by atomic mass is 9.94. The van der Waals surface area contributed by atoms with Gasteiger partial charge in [0.15, 0.2) is 0 Å². The van der Waals surface area contributed by atoms with Gasteiger partial charge in [0.2, 0.25) is 5.91 Å². The zero-order valence-electron chi connectivity index (χ0n) is 8.26. The molecule has 13 heavy (non-hydrogen) atoms. The monoisotopic (exact) mass is 183 g/mol. The van der Waals surface area contributed by atoms with Crippen molar-refractivity contribution in [3.8, 4) is 12.3 Å². The van der Waals surface area contributed by atoms with Gasteiger partial charge in [-0.05, 0) is 12.8 Å². The Morgan fingerprint density at radius 3 is 2.38 bits per heavy atom. The summed E-state index contributed by atoms with van der Waals surface area (Å²) >= 11 is 0. The van der Waals surface area contributed by atoms with Crippen molar-refractivity contribution < 1.29 is 9.90 Å². The molecular weight excluding hydrogens is 166 g/mol. The first kappa shape index (κ1) is 12.0. The van der Waals surface area contributed by atoms with Crippen molar-refractivity contribution in [1.29, 1.82) is 0 Å². The van der Waals surface area contributed by atoms with Crippen molar-refractivity contribution in [2.45, 2.75) is 38.6 Å². The van der Waals surface area contributed by atoms with E-state index in [-0.39, 0.29) is 18.9 Å². The molecule has 74 valence electrons. The number of amides is 1. The fourth-order valence-corrected chi connectivity index (χ4v) is 1.12. The number of terminal acetylenes is 1. The average molecular weight is 183 g/mol. The molecule has 0 saturated heterocycles. The van der Waals surface area contributed by atoms with Gasteiger partial charge in [-0.2, -0.15) is 0 Å². The van der Waals surface area contributed by atoms with E-state index >= 15 is 0 Å². The third-order valence-electron chi connectivity index (χ3n) is 2.32. The van der Waals surface area contributed by atoms with E-state index in [1.54, 1.807) is 0 Å². The normalized spacial score (nSPS) is 10.6. The molecule has 0 aliphatic rings. The van der Waals surface area contributed by atoms with Gasteiger partial charge in [0.1, 0.15) is 0 Å². The predicted molar refractivity (Wildman–Crippen MR) is 52.0 cm³/mol. The van der Waals surface area contributed by atoms with Crippen LogP contribution in [0.25, 0.3) is 0 Å². The molecule has 0 aromatic rings. The lowest BCUT2D eigenvalue weighted by molar-refractivity contribution is -0.122. The van der Waals surface area contributed by atoms with Gasteiger partial charge in [-0.25, -0.2) is 0 Å². The van der Waals surface area contributed by atoms with Crippen molar-refractivity contribution in [2.75, 3.05) is 6.61 Å². The van der Waals surface area contributed by atoms with Crippen molar-refractivity contribution >= 4 is 5.91 Å². The van der Waals surface area contributed by atoms with Crippen LogP contribution in [0.4, 0.5) is 0 Å². The third kappa shape index (κ3) is 3.47. The summed E-state index contributed by atoms with van der Waals surface area (Å²) in [6.07, 6.45) is 6.48. The Balaban J connectivity index is 4.26. The molecule has 3 heteroatoms. The smallest absolute Gasteiger partial charge is 0.232 e. The van der Waals surface area contributed by atoms with E-state index in [1.807, 2.05) is 13.8 Å². The topological polar surface area (TPSA) is 49.3 Å². The number of rotatable bonds is 5. The molecule has 0 aromatic heterocycles. The van der Waals surface area contributed by atoms with E-state index < -0.39 is 5.54 Å². The fraction of sp³-hybridized carbons (Fsp3) is 0.700. The molecule has 0 radical (unpaired) electrons. The van der Waals surface area contributed by atoms with E-state index in [2.05, 4.69) is 11.2 Å². The van der Waals surface area contributed by atoms with Crippen LogP contribution in [0.3, 0.4) is 0 Å². The first-order valence-corrected chi connectivity index (χ1v) is 4.49. The second-order valence-electron chi connectivity index (χ2n) is 3.07. The molecule has 0 bridgehead atoms. The molecular formula is C10H17NO2. The summed E-state index contributed by atoms with van der Waals surface area (Å²) in [5.41, 5.74) is -0.492. The number of carbonyl (C=O) groups excluding carboxylic acids is 1. The lowest BCUT2D eigenvalue weighted by Crippen LogP contribution is -2.50. The zero-order valence-corrected chi connectivity index (χ0v) is 8.26. The quantitative estimate of drug-likeness (QED) is 0.616. The molecule has 0 heterocycles. The first-order chi connectivity index (χ1) is 6.14. The minimum Gasteiger partial charge on any atom is -0.394 e. The zero-order chi connectivity index (χ0) is 10.3. The lowest BCUT2D eigenvalue weighted by Gasteiger charge is -2.30. The van der Waals surface area contributed by atoms with Crippen molar-refractivity contribution in [3.05, 3.63) is 0 Å². The molecule has 0 aliphatic heterocycles. The van der Waals surface area contributed by atoms with Gasteiger partial charge in [-0.1, -0.05) is 19.8 Å². The van der Waals surface area contributed by atoms with E-state index in [4.69, 9.17) is 11.5 Å². The second-order valence-corrected chi connectivity index (χ2v) is 3.07. The Labute approximate surface area is 79.5 Å². The van der Waals surface area contributed by atoms with E-state index in [0.29, 0.717) is 12.8 Å². The number of carbonyl (C=O) groups is 1. The fourth-order valence-electron chi connectivity index (χ4n) is 1.12. The van der Waals surface area contributed by atoms with Gasteiger partial charge < -0.3 is 10.4 Å². The van der Waals surface area contributed by atoms with Crippen molar-refractivity contribution in [2.24, 2.45) is 0 Å². The maximum Gasteiger partial charge on any atom is 0.232 e. The highest BCUT2D eigenvalue weighted by atomic mass is 16.3.